The van der Waals surface area contributed by atoms with Gasteiger partial charge in [0.1, 0.15) is 6.04 Å². The molecule has 1 rings (SSSR count). The molecule has 0 aromatic heterocycles. The Morgan fingerprint density at radius 2 is 1.95 bits per heavy atom. The molecule has 6 nitrogen and oxygen atoms in total. The predicted octanol–water partition coefficient (Wildman–Crippen LogP) is 2.65. The molecule has 1 aromatic rings. The maximum atomic E-state index is 12.4. The number of carboxylic acids is 1. The van der Waals surface area contributed by atoms with Gasteiger partial charge in [0.25, 0.3) is 6.43 Å². The van der Waals surface area contributed by atoms with Crippen LogP contribution in [-0.2, 0) is 4.79 Å². The van der Waals surface area contributed by atoms with Crippen LogP contribution in [0.4, 0.5) is 8.78 Å². The van der Waals surface area contributed by atoms with Gasteiger partial charge in [-0.3, -0.25) is 4.79 Å². The van der Waals surface area contributed by atoms with E-state index in [0.717, 1.165) is 0 Å². The molecular formula is C11H12F2N4O2. The fraction of sp³-hybridized carbons (Fsp3) is 0.364. The van der Waals surface area contributed by atoms with Crippen LogP contribution in [0.25, 0.3) is 10.4 Å². The van der Waals surface area contributed by atoms with Crippen LogP contribution in [0.2, 0.25) is 0 Å². The third-order valence-electron chi connectivity index (χ3n) is 2.39. The van der Waals surface area contributed by atoms with Crippen molar-refractivity contribution in [2.45, 2.75) is 12.5 Å². The van der Waals surface area contributed by atoms with Crippen LogP contribution in [0.5, 0.6) is 0 Å². The van der Waals surface area contributed by atoms with E-state index >= 15 is 0 Å². The molecule has 0 spiro atoms. The predicted molar refractivity (Wildman–Crippen MR) is 63.8 cm³/mol. The minimum atomic E-state index is -2.59. The first-order chi connectivity index (χ1) is 9.06. The van der Waals surface area contributed by atoms with E-state index in [-0.39, 0.29) is 18.7 Å². The summed E-state index contributed by atoms with van der Waals surface area (Å²) in [5.41, 5.74) is 8.28. The Morgan fingerprint density at radius 3 is 2.42 bits per heavy atom. The van der Waals surface area contributed by atoms with Crippen LogP contribution >= 0.6 is 0 Å². The molecule has 0 heterocycles. The molecule has 0 saturated carbocycles. The van der Waals surface area contributed by atoms with Crippen LogP contribution in [-0.4, -0.2) is 24.2 Å². The third-order valence-corrected chi connectivity index (χ3v) is 2.39. The van der Waals surface area contributed by atoms with Crippen molar-refractivity contribution >= 4 is 5.97 Å². The fourth-order valence-electron chi connectivity index (χ4n) is 1.49. The monoisotopic (exact) mass is 270 g/mol. The first-order valence-electron chi connectivity index (χ1n) is 5.41. The molecule has 0 fully saturated rings. The van der Waals surface area contributed by atoms with Crippen molar-refractivity contribution in [1.82, 2.24) is 5.32 Å². The molecule has 0 aliphatic rings. The van der Waals surface area contributed by atoms with Crippen LogP contribution in [0.3, 0.4) is 0 Å². The molecule has 1 atom stereocenters. The summed E-state index contributed by atoms with van der Waals surface area (Å²) in [5, 5.41) is 15.0. The normalized spacial score (nSPS) is 11.9. The number of benzene rings is 1. The molecule has 0 radical (unpaired) electrons. The molecule has 1 aromatic carbocycles. The van der Waals surface area contributed by atoms with E-state index in [1.165, 1.54) is 24.3 Å². The SMILES string of the molecule is [N-]=[N+]=NCCNC(C(=O)O)c1ccc(C(F)F)cc1. The number of hydrogen-bond acceptors (Lipinski definition) is 3. The average molecular weight is 270 g/mol. The zero-order valence-electron chi connectivity index (χ0n) is 9.83. The van der Waals surface area contributed by atoms with E-state index in [1.807, 2.05) is 0 Å². The molecule has 0 saturated heterocycles. The number of carboxylic acid groups (broad SMARTS) is 1. The van der Waals surface area contributed by atoms with Crippen molar-refractivity contribution in [3.05, 3.63) is 45.8 Å². The van der Waals surface area contributed by atoms with Crippen LogP contribution in [0, 0.1) is 0 Å². The lowest BCUT2D eigenvalue weighted by Crippen LogP contribution is -2.30. The molecule has 0 aliphatic heterocycles. The van der Waals surface area contributed by atoms with Crippen molar-refractivity contribution < 1.29 is 18.7 Å². The maximum Gasteiger partial charge on any atom is 0.325 e. The van der Waals surface area contributed by atoms with Gasteiger partial charge in [0.2, 0.25) is 0 Å². The quantitative estimate of drug-likeness (QED) is 0.345. The second-order valence-electron chi connectivity index (χ2n) is 3.65. The summed E-state index contributed by atoms with van der Waals surface area (Å²) in [7, 11) is 0. The molecule has 2 N–H and O–H groups in total. The van der Waals surface area contributed by atoms with Gasteiger partial charge in [0.15, 0.2) is 0 Å². The van der Waals surface area contributed by atoms with Gasteiger partial charge in [-0.05, 0) is 11.1 Å². The summed E-state index contributed by atoms with van der Waals surface area (Å²) in [6.45, 7) is 0.285. The highest BCUT2D eigenvalue weighted by atomic mass is 19.3. The Hall–Kier alpha value is -2.18. The summed E-state index contributed by atoms with van der Waals surface area (Å²) in [5.74, 6) is -1.13. The third kappa shape index (κ3) is 4.53. The molecule has 0 aliphatic carbocycles. The lowest BCUT2D eigenvalue weighted by atomic mass is 10.0. The molecule has 8 heteroatoms. The molecule has 19 heavy (non-hydrogen) atoms. The summed E-state index contributed by atoms with van der Waals surface area (Å²) >= 11 is 0. The van der Waals surface area contributed by atoms with Crippen LogP contribution < -0.4 is 5.32 Å². The average Bonchev–Trinajstić information content (AvgIpc) is 2.38. The summed E-state index contributed by atoms with van der Waals surface area (Å²) in [4.78, 5) is 13.6. The minimum Gasteiger partial charge on any atom is -0.480 e. The highest BCUT2D eigenvalue weighted by Gasteiger charge is 2.19. The largest absolute Gasteiger partial charge is 0.480 e. The summed E-state index contributed by atoms with van der Waals surface area (Å²) in [6.07, 6.45) is -2.59. The van der Waals surface area contributed by atoms with E-state index < -0.39 is 18.4 Å². The standard InChI is InChI=1S/C11H12F2N4O2/c12-10(13)8-3-1-7(2-4-8)9(11(18)19)15-5-6-16-17-14/h1-4,9-10,15H,5-6H2,(H,18,19). The Balaban J connectivity index is 2.75. The Bertz CT molecular complexity index is 472. The summed E-state index contributed by atoms with van der Waals surface area (Å²) < 4.78 is 24.7. The van der Waals surface area contributed by atoms with Crippen molar-refractivity contribution in [3.63, 3.8) is 0 Å². The number of halogens is 2. The highest BCUT2D eigenvalue weighted by Crippen LogP contribution is 2.21. The Kier molecular flexibility index (Phi) is 5.72. The van der Waals surface area contributed by atoms with Crippen molar-refractivity contribution in [2.24, 2.45) is 5.11 Å². The Morgan fingerprint density at radius 1 is 1.37 bits per heavy atom. The van der Waals surface area contributed by atoms with Crippen molar-refractivity contribution in [3.8, 4) is 0 Å². The lowest BCUT2D eigenvalue weighted by Gasteiger charge is -2.14. The topological polar surface area (TPSA) is 98.1 Å². The number of aliphatic carboxylic acids is 1. The van der Waals surface area contributed by atoms with E-state index in [4.69, 9.17) is 10.6 Å². The van der Waals surface area contributed by atoms with Gasteiger partial charge in [-0.25, -0.2) is 8.78 Å². The van der Waals surface area contributed by atoms with Gasteiger partial charge in [-0.1, -0.05) is 29.4 Å². The Labute approximate surface area is 107 Å². The summed E-state index contributed by atoms with van der Waals surface area (Å²) in [6, 6.07) is 4.01. The van der Waals surface area contributed by atoms with Crippen molar-refractivity contribution in [2.75, 3.05) is 13.1 Å². The maximum absolute atomic E-state index is 12.4. The number of hydrogen-bond donors (Lipinski definition) is 2. The fourth-order valence-corrected chi connectivity index (χ4v) is 1.49. The number of alkyl halides is 2. The van der Waals surface area contributed by atoms with E-state index in [9.17, 15) is 13.6 Å². The van der Waals surface area contributed by atoms with Gasteiger partial charge in [0, 0.05) is 23.6 Å². The molecule has 102 valence electrons. The number of nitrogens with zero attached hydrogens (tertiary/aromatic N) is 3. The van der Waals surface area contributed by atoms with Gasteiger partial charge < -0.3 is 10.4 Å². The smallest absolute Gasteiger partial charge is 0.325 e. The lowest BCUT2D eigenvalue weighted by molar-refractivity contribution is -0.139. The number of azide groups is 1. The van der Waals surface area contributed by atoms with Crippen LogP contribution in [0.1, 0.15) is 23.6 Å². The second-order valence-corrected chi connectivity index (χ2v) is 3.65. The molecule has 0 bridgehead atoms. The molecular weight excluding hydrogens is 258 g/mol. The number of carbonyl (C=O) groups is 1. The van der Waals surface area contributed by atoms with Gasteiger partial charge in [0.05, 0.1) is 0 Å². The molecule has 1 unspecified atom stereocenters. The van der Waals surface area contributed by atoms with Crippen LogP contribution in [0.15, 0.2) is 29.4 Å². The van der Waals surface area contributed by atoms with Gasteiger partial charge in [-0.2, -0.15) is 0 Å². The first-order valence-corrected chi connectivity index (χ1v) is 5.41. The minimum absolute atomic E-state index is 0.107. The van der Waals surface area contributed by atoms with Crippen molar-refractivity contribution in [1.29, 1.82) is 0 Å². The zero-order valence-corrected chi connectivity index (χ0v) is 9.83. The van der Waals surface area contributed by atoms with Gasteiger partial charge >= 0.3 is 5.97 Å². The van der Waals surface area contributed by atoms with E-state index in [2.05, 4.69) is 15.3 Å². The van der Waals surface area contributed by atoms with Gasteiger partial charge in [-0.15, -0.1) is 0 Å². The van der Waals surface area contributed by atoms with E-state index in [0.29, 0.717) is 5.56 Å². The zero-order chi connectivity index (χ0) is 14.3. The molecule has 0 amide bonds. The second kappa shape index (κ2) is 7.30. The van der Waals surface area contributed by atoms with E-state index in [1.54, 1.807) is 0 Å². The number of nitrogens with one attached hydrogen (secondary N) is 1. The number of rotatable bonds is 7. The first kappa shape index (κ1) is 14.9. The highest BCUT2D eigenvalue weighted by molar-refractivity contribution is 5.75.